The summed E-state index contributed by atoms with van der Waals surface area (Å²) in [4.78, 5) is 14.5. The van der Waals surface area contributed by atoms with Crippen molar-refractivity contribution in [2.24, 2.45) is 11.8 Å². The molecule has 7 heteroatoms. The summed E-state index contributed by atoms with van der Waals surface area (Å²) >= 11 is 7.29. The highest BCUT2D eigenvalue weighted by Crippen LogP contribution is 2.41. The molecule has 0 aliphatic heterocycles. The van der Waals surface area contributed by atoms with Gasteiger partial charge in [-0.05, 0) is 57.2 Å². The monoisotopic (exact) mass is 436 g/mol. The van der Waals surface area contributed by atoms with E-state index >= 15 is 0 Å². The van der Waals surface area contributed by atoms with Crippen LogP contribution in [0.15, 0.2) is 35.7 Å². The zero-order chi connectivity index (χ0) is 20.8. The average Bonchev–Trinajstić information content (AvgIpc) is 3.07. The normalized spacial score (nSPS) is 20.3. The van der Waals surface area contributed by atoms with E-state index in [1.165, 1.54) is 24.0 Å². The fourth-order valence-corrected chi connectivity index (χ4v) is 5.23. The Kier molecular flexibility index (Phi) is 7.81. The summed E-state index contributed by atoms with van der Waals surface area (Å²) in [5, 5.41) is 4.57. The van der Waals surface area contributed by atoms with Crippen LogP contribution in [0.2, 0.25) is 4.34 Å². The van der Waals surface area contributed by atoms with Crippen LogP contribution in [0.1, 0.15) is 37.3 Å². The average molecular weight is 437 g/mol. The first kappa shape index (κ1) is 21.9. The van der Waals surface area contributed by atoms with Crippen molar-refractivity contribution >= 4 is 29.0 Å². The van der Waals surface area contributed by atoms with Crippen molar-refractivity contribution in [2.75, 3.05) is 27.7 Å². The predicted octanol–water partition coefficient (Wildman–Crippen LogP) is 5.61. The van der Waals surface area contributed by atoms with E-state index in [4.69, 9.17) is 21.1 Å². The van der Waals surface area contributed by atoms with Crippen molar-refractivity contribution in [1.29, 1.82) is 0 Å². The lowest BCUT2D eigenvalue weighted by Crippen LogP contribution is -2.35. The van der Waals surface area contributed by atoms with Gasteiger partial charge in [-0.15, -0.1) is 11.3 Å². The smallest absolute Gasteiger partial charge is 0.412 e. The van der Waals surface area contributed by atoms with Crippen LogP contribution in [0.4, 0.5) is 4.79 Å². The maximum atomic E-state index is 12.1. The topological polar surface area (TPSA) is 50.8 Å². The van der Waals surface area contributed by atoms with Crippen molar-refractivity contribution in [3.8, 4) is 11.5 Å². The molecular formula is C22H29ClN2O3S. The summed E-state index contributed by atoms with van der Waals surface area (Å²) in [7, 11) is 5.83. The molecule has 3 rings (SSSR count). The lowest BCUT2D eigenvalue weighted by Gasteiger charge is -2.37. The van der Waals surface area contributed by atoms with Gasteiger partial charge >= 0.3 is 6.09 Å². The first-order chi connectivity index (χ1) is 14.0. The van der Waals surface area contributed by atoms with E-state index in [9.17, 15) is 4.79 Å². The van der Waals surface area contributed by atoms with E-state index in [2.05, 4.69) is 54.6 Å². The van der Waals surface area contributed by atoms with Crippen LogP contribution in [0.3, 0.4) is 0 Å². The van der Waals surface area contributed by atoms with Crippen LogP contribution in [0, 0.1) is 11.8 Å². The molecule has 1 unspecified atom stereocenters. The van der Waals surface area contributed by atoms with Crippen LogP contribution in [0.25, 0.3) is 0 Å². The Morgan fingerprint density at radius 1 is 1.24 bits per heavy atom. The summed E-state index contributed by atoms with van der Waals surface area (Å²) in [6.07, 6.45) is 4.07. The molecular weight excluding hydrogens is 408 g/mol. The molecule has 1 atom stereocenters. The Balaban J connectivity index is 1.47. The maximum absolute atomic E-state index is 12.1. The molecule has 0 spiro atoms. The number of hydrogen-bond donors (Lipinski definition) is 1. The molecule has 5 nitrogen and oxygen atoms in total. The third-order valence-electron chi connectivity index (χ3n) is 5.65. The van der Waals surface area contributed by atoms with Crippen LogP contribution in [-0.4, -0.2) is 38.7 Å². The zero-order valence-electron chi connectivity index (χ0n) is 17.2. The summed E-state index contributed by atoms with van der Waals surface area (Å²) in [5.74, 6) is 1.88. The maximum Gasteiger partial charge on any atom is 0.412 e. The Morgan fingerprint density at radius 2 is 1.93 bits per heavy atom. The second-order valence-corrected chi connectivity index (χ2v) is 9.26. The Morgan fingerprint density at radius 3 is 2.55 bits per heavy atom. The molecule has 1 aromatic heterocycles. The molecule has 29 heavy (non-hydrogen) atoms. The fourth-order valence-electron chi connectivity index (χ4n) is 4.27. The Labute approximate surface area is 182 Å². The number of thiophene rings is 1. The molecule has 0 bridgehead atoms. The van der Waals surface area contributed by atoms with Gasteiger partial charge in [-0.25, -0.2) is 4.79 Å². The minimum absolute atomic E-state index is 0.361. The molecule has 0 saturated heterocycles. The highest BCUT2D eigenvalue weighted by molar-refractivity contribution is 7.15. The van der Waals surface area contributed by atoms with Crippen molar-refractivity contribution in [2.45, 2.75) is 31.7 Å². The van der Waals surface area contributed by atoms with Crippen LogP contribution in [-0.2, 0) is 0 Å². The number of hydrogen-bond acceptors (Lipinski definition) is 5. The SMILES string of the molecule is COc1c(OC(=O)NCC2CCC(C(c3ccccc3)N(C)C)CC2)csc1Cl. The number of rotatable bonds is 7. The lowest BCUT2D eigenvalue weighted by atomic mass is 9.76. The second-order valence-electron chi connectivity index (χ2n) is 7.78. The quantitative estimate of drug-likeness (QED) is 0.613. The van der Waals surface area contributed by atoms with Crippen LogP contribution < -0.4 is 14.8 Å². The van der Waals surface area contributed by atoms with E-state index < -0.39 is 6.09 Å². The molecule has 1 aromatic carbocycles. The van der Waals surface area contributed by atoms with Crippen LogP contribution in [0.5, 0.6) is 11.5 Å². The standard InChI is InChI=1S/C22H29ClN2O3S/c1-25(2)19(16-7-5-4-6-8-16)17-11-9-15(10-12-17)13-24-22(26)28-18-14-29-21(23)20(18)27-3/h4-8,14-15,17,19H,9-13H2,1-3H3,(H,24,26). The molecule has 1 fully saturated rings. The number of amides is 1. The molecule has 0 radical (unpaired) electrons. The number of carbonyl (C=O) groups excluding carboxylic acids is 1. The number of nitrogens with zero attached hydrogens (tertiary/aromatic N) is 1. The number of methoxy groups -OCH3 is 1. The number of benzene rings is 1. The van der Waals surface area contributed by atoms with Gasteiger partial charge in [0.2, 0.25) is 0 Å². The minimum atomic E-state index is -0.463. The molecule has 1 heterocycles. The van der Waals surface area contributed by atoms with Gasteiger partial charge in [0, 0.05) is 18.0 Å². The Hall–Kier alpha value is -1.76. The van der Waals surface area contributed by atoms with Gasteiger partial charge in [0.05, 0.1) is 7.11 Å². The van der Waals surface area contributed by atoms with Crippen molar-refractivity contribution < 1.29 is 14.3 Å². The molecule has 1 amide bonds. The summed E-state index contributed by atoms with van der Waals surface area (Å²) in [6.45, 7) is 0.629. The predicted molar refractivity (Wildman–Crippen MR) is 118 cm³/mol. The van der Waals surface area contributed by atoms with Gasteiger partial charge in [0.1, 0.15) is 4.34 Å². The van der Waals surface area contributed by atoms with E-state index in [1.54, 1.807) is 5.38 Å². The van der Waals surface area contributed by atoms with E-state index in [0.29, 0.717) is 40.3 Å². The third kappa shape index (κ3) is 5.65. The van der Waals surface area contributed by atoms with Gasteiger partial charge < -0.3 is 19.7 Å². The van der Waals surface area contributed by atoms with Gasteiger partial charge in [-0.2, -0.15) is 0 Å². The molecule has 158 valence electrons. The zero-order valence-corrected chi connectivity index (χ0v) is 18.8. The minimum Gasteiger partial charge on any atom is -0.491 e. The Bertz CT molecular complexity index is 789. The van der Waals surface area contributed by atoms with Crippen molar-refractivity contribution in [3.05, 3.63) is 45.6 Å². The number of ether oxygens (including phenoxy) is 2. The molecule has 1 saturated carbocycles. The molecule has 1 N–H and O–H groups in total. The third-order valence-corrected chi connectivity index (χ3v) is 6.81. The van der Waals surface area contributed by atoms with Crippen molar-refractivity contribution in [1.82, 2.24) is 10.2 Å². The summed E-state index contributed by atoms with van der Waals surface area (Å²) in [5.41, 5.74) is 1.38. The molecule has 1 aliphatic rings. The van der Waals surface area contributed by atoms with Crippen LogP contribution >= 0.6 is 22.9 Å². The molecule has 1 aliphatic carbocycles. The highest BCUT2D eigenvalue weighted by Gasteiger charge is 2.30. The van der Waals surface area contributed by atoms with E-state index in [0.717, 1.165) is 25.7 Å². The number of carbonyl (C=O) groups is 1. The number of nitrogens with one attached hydrogen (secondary N) is 1. The van der Waals surface area contributed by atoms with Gasteiger partial charge in [-0.3, -0.25) is 0 Å². The van der Waals surface area contributed by atoms with Gasteiger partial charge in [-0.1, -0.05) is 41.9 Å². The largest absolute Gasteiger partial charge is 0.491 e. The molecule has 2 aromatic rings. The highest BCUT2D eigenvalue weighted by atomic mass is 35.5. The first-order valence-electron chi connectivity index (χ1n) is 9.97. The van der Waals surface area contributed by atoms with E-state index in [1.807, 2.05) is 0 Å². The van der Waals surface area contributed by atoms with Gasteiger partial charge in [0.25, 0.3) is 0 Å². The fraction of sp³-hybridized carbons (Fsp3) is 0.500. The lowest BCUT2D eigenvalue weighted by molar-refractivity contribution is 0.146. The number of halogens is 1. The second kappa shape index (κ2) is 10.3. The summed E-state index contributed by atoms with van der Waals surface area (Å²) < 4.78 is 11.0. The first-order valence-corrected chi connectivity index (χ1v) is 11.2. The van der Waals surface area contributed by atoms with Crippen molar-refractivity contribution in [3.63, 3.8) is 0 Å². The van der Waals surface area contributed by atoms with E-state index in [-0.39, 0.29) is 0 Å². The summed E-state index contributed by atoms with van der Waals surface area (Å²) in [6, 6.07) is 11.2. The van der Waals surface area contributed by atoms with Gasteiger partial charge in [0.15, 0.2) is 11.5 Å².